The monoisotopic (exact) mass is 385 g/mol. The first-order valence-electron chi connectivity index (χ1n) is 7.80. The summed E-state index contributed by atoms with van der Waals surface area (Å²) in [6, 6.07) is 16.0. The van der Waals surface area contributed by atoms with Crippen molar-refractivity contribution in [2.24, 2.45) is 0 Å². The maximum absolute atomic E-state index is 11.9. The predicted molar refractivity (Wildman–Crippen MR) is 109 cm³/mol. The zero-order valence-electron chi connectivity index (χ0n) is 13.9. The Hall–Kier alpha value is -2.83. The lowest BCUT2D eigenvalue weighted by Crippen LogP contribution is -2.19. The number of halogens is 1. The first-order valence-corrected chi connectivity index (χ1v) is 8.59. The molecule has 26 heavy (non-hydrogen) atoms. The number of hydrogen-bond acceptors (Lipinski definition) is 3. The van der Waals surface area contributed by atoms with Crippen molar-refractivity contribution in [2.45, 2.75) is 6.92 Å². The van der Waals surface area contributed by atoms with Gasteiger partial charge in [-0.3, -0.25) is 4.79 Å². The van der Waals surface area contributed by atoms with Gasteiger partial charge in [-0.05, 0) is 79.3 Å². The average Bonchev–Trinajstić information content (AvgIpc) is 3.14. The highest BCUT2D eigenvalue weighted by Crippen LogP contribution is 2.20. The molecular weight excluding hydrogens is 370 g/mol. The van der Waals surface area contributed by atoms with Crippen LogP contribution in [0, 0.1) is 6.92 Å². The topological polar surface area (TPSA) is 66.3 Å². The summed E-state index contributed by atoms with van der Waals surface area (Å²) in [5, 5.41) is 10.1. The summed E-state index contributed by atoms with van der Waals surface area (Å²) < 4.78 is 5.06. The van der Waals surface area contributed by atoms with E-state index in [0.29, 0.717) is 15.8 Å². The lowest BCUT2D eigenvalue weighted by Gasteiger charge is -2.13. The molecule has 7 heteroatoms. The van der Waals surface area contributed by atoms with Crippen LogP contribution in [0.4, 0.5) is 17.1 Å². The van der Waals surface area contributed by atoms with Crippen LogP contribution < -0.4 is 16.0 Å². The van der Waals surface area contributed by atoms with Crippen LogP contribution in [0.3, 0.4) is 0 Å². The van der Waals surface area contributed by atoms with E-state index in [4.69, 9.17) is 28.2 Å². The van der Waals surface area contributed by atoms with Crippen molar-refractivity contribution in [3.05, 3.63) is 77.2 Å². The Kier molecular flexibility index (Phi) is 5.55. The van der Waals surface area contributed by atoms with Crippen LogP contribution in [0.15, 0.2) is 65.3 Å². The third-order valence-electron chi connectivity index (χ3n) is 3.58. The van der Waals surface area contributed by atoms with Gasteiger partial charge in [0.1, 0.15) is 0 Å². The summed E-state index contributed by atoms with van der Waals surface area (Å²) in [4.78, 5) is 11.9. The molecule has 2 aromatic carbocycles. The third kappa shape index (κ3) is 4.62. The van der Waals surface area contributed by atoms with E-state index in [9.17, 15) is 4.79 Å². The number of furan rings is 1. The molecule has 0 atom stereocenters. The van der Waals surface area contributed by atoms with Crippen molar-refractivity contribution >= 4 is 51.9 Å². The minimum absolute atomic E-state index is 0.260. The highest BCUT2D eigenvalue weighted by atomic mass is 35.5. The van der Waals surface area contributed by atoms with E-state index < -0.39 is 0 Å². The number of amides is 1. The molecule has 3 N–H and O–H groups in total. The summed E-state index contributed by atoms with van der Waals surface area (Å²) in [5.74, 6) is -0.0398. The maximum Gasteiger partial charge on any atom is 0.291 e. The van der Waals surface area contributed by atoms with Gasteiger partial charge >= 0.3 is 0 Å². The van der Waals surface area contributed by atoms with Gasteiger partial charge in [-0.2, -0.15) is 0 Å². The standard InChI is InChI=1S/C19H16ClN3O2S/c1-12-11-13(20)4-9-16(12)23-19(26)22-15-7-5-14(6-8-15)21-18(24)17-3-2-10-25-17/h2-11H,1H3,(H,21,24)(H2,22,23,26). The zero-order chi connectivity index (χ0) is 18.5. The van der Waals surface area contributed by atoms with Gasteiger partial charge in [-0.25, -0.2) is 0 Å². The lowest BCUT2D eigenvalue weighted by atomic mass is 10.2. The van der Waals surface area contributed by atoms with Gasteiger partial charge in [-0.15, -0.1) is 0 Å². The minimum Gasteiger partial charge on any atom is -0.459 e. The normalized spacial score (nSPS) is 10.2. The molecule has 0 aliphatic rings. The van der Waals surface area contributed by atoms with Gasteiger partial charge in [0.05, 0.1) is 6.26 Å². The molecule has 0 unspecified atom stereocenters. The Morgan fingerprint density at radius 1 is 1.00 bits per heavy atom. The molecule has 0 aliphatic heterocycles. The molecular formula is C19H16ClN3O2S. The first kappa shape index (κ1) is 18.0. The van der Waals surface area contributed by atoms with E-state index in [1.165, 1.54) is 6.26 Å². The highest BCUT2D eigenvalue weighted by molar-refractivity contribution is 7.80. The number of aryl methyl sites for hydroxylation is 1. The van der Waals surface area contributed by atoms with Crippen LogP contribution >= 0.6 is 23.8 Å². The number of nitrogens with one attached hydrogen (secondary N) is 3. The van der Waals surface area contributed by atoms with Gasteiger partial charge in [0.25, 0.3) is 5.91 Å². The highest BCUT2D eigenvalue weighted by Gasteiger charge is 2.08. The van der Waals surface area contributed by atoms with Gasteiger partial charge < -0.3 is 20.4 Å². The van der Waals surface area contributed by atoms with Crippen LogP contribution in [0.25, 0.3) is 0 Å². The molecule has 0 radical (unpaired) electrons. The van der Waals surface area contributed by atoms with Crippen molar-refractivity contribution < 1.29 is 9.21 Å². The minimum atomic E-state index is -0.300. The molecule has 0 saturated heterocycles. The SMILES string of the molecule is Cc1cc(Cl)ccc1NC(=S)Nc1ccc(NC(=O)c2ccco2)cc1. The second kappa shape index (κ2) is 8.03. The van der Waals surface area contributed by atoms with E-state index >= 15 is 0 Å². The largest absolute Gasteiger partial charge is 0.459 e. The average molecular weight is 386 g/mol. The molecule has 1 aromatic heterocycles. The molecule has 5 nitrogen and oxygen atoms in total. The fourth-order valence-corrected chi connectivity index (χ4v) is 2.74. The number of thiocarbonyl (C=S) groups is 1. The van der Waals surface area contributed by atoms with E-state index in [1.807, 2.05) is 31.2 Å². The predicted octanol–water partition coefficient (Wildman–Crippen LogP) is 5.30. The van der Waals surface area contributed by atoms with Crippen molar-refractivity contribution in [1.29, 1.82) is 0 Å². The number of carbonyl (C=O) groups excluding carboxylic acids is 1. The Morgan fingerprint density at radius 2 is 1.69 bits per heavy atom. The van der Waals surface area contributed by atoms with E-state index in [2.05, 4.69) is 16.0 Å². The number of hydrogen-bond donors (Lipinski definition) is 3. The molecule has 132 valence electrons. The third-order valence-corrected chi connectivity index (χ3v) is 4.02. The van der Waals surface area contributed by atoms with Crippen molar-refractivity contribution in [3.8, 4) is 0 Å². The zero-order valence-corrected chi connectivity index (χ0v) is 15.4. The van der Waals surface area contributed by atoms with E-state index in [1.54, 1.807) is 30.3 Å². The van der Waals surface area contributed by atoms with Crippen molar-refractivity contribution in [1.82, 2.24) is 0 Å². The van der Waals surface area contributed by atoms with Crippen molar-refractivity contribution in [2.75, 3.05) is 16.0 Å². The summed E-state index contributed by atoms with van der Waals surface area (Å²) in [6.07, 6.45) is 1.46. The summed E-state index contributed by atoms with van der Waals surface area (Å²) >= 11 is 11.3. The van der Waals surface area contributed by atoms with Crippen LogP contribution in [-0.2, 0) is 0 Å². The van der Waals surface area contributed by atoms with Crippen LogP contribution in [0.2, 0.25) is 5.02 Å². The maximum atomic E-state index is 11.9. The Labute approximate surface area is 161 Å². The molecule has 1 amide bonds. The number of benzene rings is 2. The van der Waals surface area contributed by atoms with Gasteiger partial charge in [0.15, 0.2) is 10.9 Å². The van der Waals surface area contributed by atoms with Crippen molar-refractivity contribution in [3.63, 3.8) is 0 Å². The Balaban J connectivity index is 1.58. The number of rotatable bonds is 4. The molecule has 3 aromatic rings. The number of anilines is 3. The first-order chi connectivity index (χ1) is 12.5. The Bertz CT molecular complexity index is 924. The van der Waals surface area contributed by atoms with Gasteiger partial charge in [-0.1, -0.05) is 11.6 Å². The summed E-state index contributed by atoms with van der Waals surface area (Å²) in [7, 11) is 0. The second-order valence-corrected chi connectivity index (χ2v) is 6.39. The van der Waals surface area contributed by atoms with Crippen LogP contribution in [-0.4, -0.2) is 11.0 Å². The smallest absolute Gasteiger partial charge is 0.291 e. The van der Waals surface area contributed by atoms with Crippen LogP contribution in [0.5, 0.6) is 0 Å². The number of carbonyl (C=O) groups is 1. The van der Waals surface area contributed by atoms with Crippen LogP contribution in [0.1, 0.15) is 16.1 Å². The molecule has 0 fully saturated rings. The van der Waals surface area contributed by atoms with E-state index in [0.717, 1.165) is 16.9 Å². The van der Waals surface area contributed by atoms with Gasteiger partial charge in [0.2, 0.25) is 0 Å². The molecule has 0 bridgehead atoms. The van der Waals surface area contributed by atoms with E-state index in [-0.39, 0.29) is 11.7 Å². The fourth-order valence-electron chi connectivity index (χ4n) is 2.29. The molecule has 1 heterocycles. The quantitative estimate of drug-likeness (QED) is 0.531. The molecule has 0 spiro atoms. The summed E-state index contributed by atoms with van der Waals surface area (Å²) in [6.45, 7) is 1.95. The molecule has 0 aliphatic carbocycles. The molecule has 3 rings (SSSR count). The van der Waals surface area contributed by atoms with Gasteiger partial charge in [0, 0.05) is 22.1 Å². The molecule has 0 saturated carbocycles. The second-order valence-electron chi connectivity index (χ2n) is 5.55. The fraction of sp³-hybridized carbons (Fsp3) is 0.0526. The Morgan fingerprint density at radius 3 is 2.31 bits per heavy atom. The summed E-state index contributed by atoms with van der Waals surface area (Å²) in [5.41, 5.74) is 3.33. The lowest BCUT2D eigenvalue weighted by molar-refractivity contribution is 0.0996.